The lowest BCUT2D eigenvalue weighted by Gasteiger charge is -2.34. The summed E-state index contributed by atoms with van der Waals surface area (Å²) >= 11 is 3.43. The lowest BCUT2D eigenvalue weighted by molar-refractivity contribution is 0.523. The van der Waals surface area contributed by atoms with Crippen molar-refractivity contribution in [1.82, 2.24) is 15.2 Å². The van der Waals surface area contributed by atoms with Gasteiger partial charge in [0, 0.05) is 42.4 Å². The Labute approximate surface area is 148 Å². The van der Waals surface area contributed by atoms with E-state index in [1.165, 1.54) is 0 Å². The van der Waals surface area contributed by atoms with Crippen molar-refractivity contribution in [2.24, 2.45) is 0 Å². The molecule has 0 saturated carbocycles. The van der Waals surface area contributed by atoms with E-state index >= 15 is 0 Å². The van der Waals surface area contributed by atoms with Crippen LogP contribution >= 0.6 is 15.9 Å². The first-order valence-corrected chi connectivity index (χ1v) is 8.59. The van der Waals surface area contributed by atoms with Crippen LogP contribution in [-0.2, 0) is 0 Å². The Morgan fingerprint density at radius 2 is 1.62 bits per heavy atom. The van der Waals surface area contributed by atoms with E-state index in [1.807, 2.05) is 48.7 Å². The van der Waals surface area contributed by atoms with Crippen molar-refractivity contribution in [2.75, 3.05) is 36.0 Å². The average Bonchev–Trinajstić information content (AvgIpc) is 3.13. The normalized spacial score (nSPS) is 14.9. The maximum Gasteiger partial charge on any atom is 0.318 e. The molecule has 122 valence electrons. The maximum atomic E-state index is 5.84. The zero-order valence-corrected chi connectivity index (χ0v) is 14.6. The van der Waals surface area contributed by atoms with E-state index in [9.17, 15) is 0 Å². The number of rotatable bonds is 3. The molecule has 6 nitrogen and oxygen atoms in total. The number of anilines is 2. The van der Waals surface area contributed by atoms with E-state index in [-0.39, 0.29) is 0 Å². The number of piperazine rings is 1. The molecule has 1 aliphatic rings. The minimum atomic E-state index is 0.546. The number of hydrogen-bond donors (Lipinski definition) is 0. The van der Waals surface area contributed by atoms with Gasteiger partial charge >= 0.3 is 6.01 Å². The molecule has 4 rings (SSSR count). The summed E-state index contributed by atoms with van der Waals surface area (Å²) in [7, 11) is 0. The van der Waals surface area contributed by atoms with Crippen LogP contribution in [0.5, 0.6) is 0 Å². The predicted molar refractivity (Wildman–Crippen MR) is 96.1 cm³/mol. The first-order chi connectivity index (χ1) is 11.8. The zero-order chi connectivity index (χ0) is 16.4. The maximum absolute atomic E-state index is 5.84. The number of hydrogen-bond acceptors (Lipinski definition) is 6. The topological polar surface area (TPSA) is 58.3 Å². The second-order valence-corrected chi connectivity index (χ2v) is 6.47. The molecule has 2 aromatic heterocycles. The van der Waals surface area contributed by atoms with Crippen LogP contribution in [0, 0.1) is 0 Å². The first kappa shape index (κ1) is 15.1. The molecule has 7 heteroatoms. The zero-order valence-electron chi connectivity index (χ0n) is 13.0. The lowest BCUT2D eigenvalue weighted by Crippen LogP contribution is -2.47. The quantitative estimate of drug-likeness (QED) is 0.689. The van der Waals surface area contributed by atoms with Gasteiger partial charge in [-0.05, 0) is 36.4 Å². The van der Waals surface area contributed by atoms with Crippen molar-refractivity contribution < 1.29 is 4.42 Å². The van der Waals surface area contributed by atoms with Crippen LogP contribution in [0.4, 0.5) is 11.8 Å². The van der Waals surface area contributed by atoms with Gasteiger partial charge in [-0.3, -0.25) is 0 Å². The summed E-state index contributed by atoms with van der Waals surface area (Å²) in [6, 6.07) is 14.4. The van der Waals surface area contributed by atoms with Crippen molar-refractivity contribution in [1.29, 1.82) is 0 Å². The molecule has 1 saturated heterocycles. The number of benzene rings is 1. The largest absolute Gasteiger partial charge is 0.403 e. The third-order valence-electron chi connectivity index (χ3n) is 4.03. The molecular weight excluding hydrogens is 370 g/mol. The molecule has 3 heterocycles. The van der Waals surface area contributed by atoms with Gasteiger partial charge in [0.1, 0.15) is 5.82 Å². The van der Waals surface area contributed by atoms with Crippen molar-refractivity contribution in [3.05, 3.63) is 53.1 Å². The second kappa shape index (κ2) is 6.60. The van der Waals surface area contributed by atoms with Gasteiger partial charge in [0.05, 0.1) is 0 Å². The molecule has 1 fully saturated rings. The summed E-state index contributed by atoms with van der Waals surface area (Å²) in [5.74, 6) is 1.56. The fourth-order valence-electron chi connectivity index (χ4n) is 2.72. The number of aromatic nitrogens is 3. The SMILES string of the molecule is Brc1ccc(-c2nnc(N3CCN(c4ccccn4)CC3)o2)cc1. The molecular formula is C17H16BrN5O. The third-order valence-corrected chi connectivity index (χ3v) is 4.56. The van der Waals surface area contributed by atoms with E-state index in [0.29, 0.717) is 11.9 Å². The van der Waals surface area contributed by atoms with E-state index in [1.54, 1.807) is 0 Å². The van der Waals surface area contributed by atoms with Crippen LogP contribution in [0.2, 0.25) is 0 Å². The highest BCUT2D eigenvalue weighted by Crippen LogP contribution is 2.24. The van der Waals surface area contributed by atoms with Gasteiger partial charge in [-0.15, -0.1) is 5.10 Å². The summed E-state index contributed by atoms with van der Waals surface area (Å²) in [5, 5.41) is 8.37. The molecule has 0 radical (unpaired) electrons. The molecule has 0 atom stereocenters. The number of pyridine rings is 1. The van der Waals surface area contributed by atoms with Crippen LogP contribution < -0.4 is 9.80 Å². The Kier molecular flexibility index (Phi) is 4.17. The standard InChI is InChI=1S/C17H16BrN5O/c18-14-6-4-13(5-7-14)16-20-21-17(24-16)23-11-9-22(10-12-23)15-3-1-2-8-19-15/h1-8H,9-12H2. The molecule has 24 heavy (non-hydrogen) atoms. The Morgan fingerprint density at radius 1 is 0.875 bits per heavy atom. The highest BCUT2D eigenvalue weighted by molar-refractivity contribution is 9.10. The van der Waals surface area contributed by atoms with Gasteiger partial charge in [0.15, 0.2) is 0 Å². The van der Waals surface area contributed by atoms with Crippen molar-refractivity contribution >= 4 is 27.8 Å². The molecule has 1 aliphatic heterocycles. The summed E-state index contributed by atoms with van der Waals surface area (Å²) in [6.07, 6.45) is 1.82. The van der Waals surface area contributed by atoms with Gasteiger partial charge < -0.3 is 14.2 Å². The highest BCUT2D eigenvalue weighted by Gasteiger charge is 2.22. The molecule has 0 unspecified atom stereocenters. The smallest absolute Gasteiger partial charge is 0.318 e. The lowest BCUT2D eigenvalue weighted by atomic mass is 10.2. The molecule has 0 amide bonds. The molecule has 0 N–H and O–H groups in total. The molecule has 1 aromatic carbocycles. The van der Waals surface area contributed by atoms with Crippen LogP contribution in [0.25, 0.3) is 11.5 Å². The number of nitrogens with zero attached hydrogens (tertiary/aromatic N) is 5. The fourth-order valence-corrected chi connectivity index (χ4v) is 2.98. The van der Waals surface area contributed by atoms with Gasteiger partial charge in [0.25, 0.3) is 0 Å². The van der Waals surface area contributed by atoms with Gasteiger partial charge in [-0.1, -0.05) is 27.1 Å². The fraction of sp³-hybridized carbons (Fsp3) is 0.235. The van der Waals surface area contributed by atoms with Crippen LogP contribution in [0.15, 0.2) is 57.6 Å². The Hall–Kier alpha value is -2.41. The van der Waals surface area contributed by atoms with Crippen molar-refractivity contribution in [2.45, 2.75) is 0 Å². The minimum absolute atomic E-state index is 0.546. The predicted octanol–water partition coefficient (Wildman–Crippen LogP) is 3.22. The highest BCUT2D eigenvalue weighted by atomic mass is 79.9. The summed E-state index contributed by atoms with van der Waals surface area (Å²) in [5.41, 5.74) is 0.920. The van der Waals surface area contributed by atoms with E-state index in [4.69, 9.17) is 4.42 Å². The second-order valence-electron chi connectivity index (χ2n) is 5.56. The Morgan fingerprint density at radius 3 is 2.33 bits per heavy atom. The monoisotopic (exact) mass is 385 g/mol. The van der Waals surface area contributed by atoms with Crippen molar-refractivity contribution in [3.63, 3.8) is 0 Å². The Bertz CT molecular complexity index is 797. The first-order valence-electron chi connectivity index (χ1n) is 7.80. The van der Waals surface area contributed by atoms with Crippen LogP contribution in [0.1, 0.15) is 0 Å². The minimum Gasteiger partial charge on any atom is -0.403 e. The van der Waals surface area contributed by atoms with Crippen LogP contribution in [-0.4, -0.2) is 41.4 Å². The van der Waals surface area contributed by atoms with Crippen LogP contribution in [0.3, 0.4) is 0 Å². The molecule has 0 spiro atoms. The van der Waals surface area contributed by atoms with Gasteiger partial charge in [-0.25, -0.2) is 4.98 Å². The Balaban J connectivity index is 1.44. The van der Waals surface area contributed by atoms with Gasteiger partial charge in [0.2, 0.25) is 5.89 Å². The van der Waals surface area contributed by atoms with Crippen molar-refractivity contribution in [3.8, 4) is 11.5 Å². The van der Waals surface area contributed by atoms with E-state index in [0.717, 1.165) is 42.0 Å². The summed E-state index contributed by atoms with van der Waals surface area (Å²) < 4.78 is 6.87. The van der Waals surface area contributed by atoms with Gasteiger partial charge in [-0.2, -0.15) is 0 Å². The summed E-state index contributed by atoms with van der Waals surface area (Å²) in [4.78, 5) is 8.79. The average molecular weight is 386 g/mol. The summed E-state index contributed by atoms with van der Waals surface area (Å²) in [6.45, 7) is 3.43. The number of halogens is 1. The van der Waals surface area contributed by atoms with E-state index in [2.05, 4.69) is 40.9 Å². The van der Waals surface area contributed by atoms with E-state index < -0.39 is 0 Å². The molecule has 3 aromatic rings. The third kappa shape index (κ3) is 3.12. The molecule has 0 aliphatic carbocycles. The molecule has 0 bridgehead atoms.